The van der Waals surface area contributed by atoms with Gasteiger partial charge < -0.3 is 5.32 Å². The van der Waals surface area contributed by atoms with Crippen molar-refractivity contribution in [1.29, 1.82) is 0 Å². The van der Waals surface area contributed by atoms with E-state index in [2.05, 4.69) is 10.3 Å². The molecular formula is C18H11F4N3O. The minimum Gasteiger partial charge on any atom is -0.310 e. The fourth-order valence-electron chi connectivity index (χ4n) is 3.11. The van der Waals surface area contributed by atoms with Gasteiger partial charge >= 0.3 is 0 Å². The number of aromatic nitrogens is 2. The minimum absolute atomic E-state index is 0.0222. The lowest BCUT2D eigenvalue weighted by Gasteiger charge is -2.23. The van der Waals surface area contributed by atoms with E-state index in [4.69, 9.17) is 0 Å². The number of rotatable bonds is 2. The number of imidazole rings is 1. The van der Waals surface area contributed by atoms with Crippen LogP contribution in [0.4, 0.5) is 23.4 Å². The second-order valence-corrected chi connectivity index (χ2v) is 5.89. The van der Waals surface area contributed by atoms with Crippen LogP contribution < -0.4 is 5.32 Å². The maximum atomic E-state index is 14.2. The highest BCUT2D eigenvalue weighted by molar-refractivity contribution is 5.94. The van der Waals surface area contributed by atoms with Gasteiger partial charge in [0.05, 0.1) is 11.4 Å². The fourth-order valence-corrected chi connectivity index (χ4v) is 3.11. The molecule has 26 heavy (non-hydrogen) atoms. The van der Waals surface area contributed by atoms with Crippen LogP contribution in [0.2, 0.25) is 0 Å². The zero-order valence-electron chi connectivity index (χ0n) is 13.1. The normalized spacial score (nSPS) is 16.3. The van der Waals surface area contributed by atoms with Crippen molar-refractivity contribution >= 4 is 11.7 Å². The average Bonchev–Trinajstić information content (AvgIpc) is 3.02. The Bertz CT molecular complexity index is 1030. The van der Waals surface area contributed by atoms with E-state index in [9.17, 15) is 22.4 Å². The molecule has 4 nitrogen and oxygen atoms in total. The van der Waals surface area contributed by atoms with Crippen LogP contribution in [-0.4, -0.2) is 15.5 Å². The molecule has 0 spiro atoms. The molecular weight excluding hydrogens is 350 g/mol. The van der Waals surface area contributed by atoms with Crippen molar-refractivity contribution in [1.82, 2.24) is 9.55 Å². The number of benzene rings is 2. The van der Waals surface area contributed by atoms with Gasteiger partial charge in [-0.2, -0.15) is 0 Å². The molecule has 132 valence electrons. The van der Waals surface area contributed by atoms with Crippen molar-refractivity contribution in [3.8, 4) is 5.69 Å². The number of hydrogen-bond donors (Lipinski definition) is 1. The topological polar surface area (TPSA) is 46.9 Å². The highest BCUT2D eigenvalue weighted by Gasteiger charge is 2.33. The van der Waals surface area contributed by atoms with Crippen molar-refractivity contribution in [3.05, 3.63) is 77.3 Å². The molecule has 0 saturated heterocycles. The number of hydrogen-bond acceptors (Lipinski definition) is 2. The third-order valence-corrected chi connectivity index (χ3v) is 4.30. The highest BCUT2D eigenvalue weighted by atomic mass is 19.2. The van der Waals surface area contributed by atoms with Crippen LogP contribution in [0.25, 0.3) is 5.69 Å². The van der Waals surface area contributed by atoms with E-state index in [0.29, 0.717) is 0 Å². The van der Waals surface area contributed by atoms with Crippen LogP contribution in [0, 0.1) is 23.3 Å². The summed E-state index contributed by atoms with van der Waals surface area (Å²) >= 11 is 0. The highest BCUT2D eigenvalue weighted by Crippen LogP contribution is 2.38. The predicted molar refractivity (Wildman–Crippen MR) is 84.9 cm³/mol. The second-order valence-electron chi connectivity index (χ2n) is 5.89. The molecule has 3 aromatic rings. The number of amides is 1. The molecule has 0 unspecified atom stereocenters. The SMILES string of the molecule is O=C1C[C@H](c2cccc(F)c2F)c2ncn(-c3cc(F)ccc3F)c2N1. The summed E-state index contributed by atoms with van der Waals surface area (Å²) in [6.45, 7) is 0. The standard InChI is InChI=1S/C18H11F4N3O/c19-9-4-5-12(20)14(6-9)25-8-23-17-11(7-15(26)24-18(17)25)10-2-1-3-13(21)16(10)22/h1-6,8,11H,7H2,(H,24,26)/t11-/m1/s1. The Balaban J connectivity index is 1.88. The number of anilines is 1. The fraction of sp³-hybridized carbons (Fsp3) is 0.111. The molecule has 2 aromatic carbocycles. The molecule has 0 radical (unpaired) electrons. The molecule has 1 amide bonds. The predicted octanol–water partition coefficient (Wildman–Crippen LogP) is 3.90. The monoisotopic (exact) mass is 361 g/mol. The molecule has 1 aliphatic heterocycles. The summed E-state index contributed by atoms with van der Waals surface area (Å²) in [5, 5.41) is 2.54. The summed E-state index contributed by atoms with van der Waals surface area (Å²) in [4.78, 5) is 16.2. The van der Waals surface area contributed by atoms with Crippen LogP contribution in [0.3, 0.4) is 0 Å². The third-order valence-electron chi connectivity index (χ3n) is 4.30. The van der Waals surface area contributed by atoms with Gasteiger partial charge in [0, 0.05) is 24.0 Å². The molecule has 1 aromatic heterocycles. The van der Waals surface area contributed by atoms with Crippen LogP contribution in [0.5, 0.6) is 0 Å². The van der Waals surface area contributed by atoms with Gasteiger partial charge in [-0.1, -0.05) is 12.1 Å². The largest absolute Gasteiger partial charge is 0.310 e. The second kappa shape index (κ2) is 5.98. The van der Waals surface area contributed by atoms with E-state index in [1.807, 2.05) is 0 Å². The Morgan fingerprint density at radius 1 is 1.08 bits per heavy atom. The van der Waals surface area contributed by atoms with Gasteiger partial charge in [-0.3, -0.25) is 9.36 Å². The first-order chi connectivity index (χ1) is 12.5. The zero-order valence-corrected chi connectivity index (χ0v) is 13.1. The zero-order chi connectivity index (χ0) is 18.4. The van der Waals surface area contributed by atoms with Gasteiger partial charge in [-0.15, -0.1) is 0 Å². The molecule has 1 N–H and O–H groups in total. The maximum Gasteiger partial charge on any atom is 0.226 e. The number of carbonyl (C=O) groups excluding carboxylic acids is 1. The van der Waals surface area contributed by atoms with Gasteiger partial charge in [0.1, 0.15) is 23.8 Å². The van der Waals surface area contributed by atoms with Crippen LogP contribution in [0.15, 0.2) is 42.7 Å². The Labute approximate surface area is 145 Å². The van der Waals surface area contributed by atoms with Gasteiger partial charge in [0.15, 0.2) is 11.6 Å². The molecule has 0 saturated carbocycles. The van der Waals surface area contributed by atoms with Crippen molar-refractivity contribution < 1.29 is 22.4 Å². The molecule has 0 fully saturated rings. The van der Waals surface area contributed by atoms with Crippen molar-refractivity contribution in [3.63, 3.8) is 0 Å². The number of nitrogens with zero attached hydrogens (tertiary/aromatic N) is 2. The lowest BCUT2D eigenvalue weighted by molar-refractivity contribution is -0.116. The van der Waals surface area contributed by atoms with Crippen LogP contribution in [0.1, 0.15) is 23.6 Å². The summed E-state index contributed by atoms with van der Waals surface area (Å²) in [7, 11) is 0. The Hall–Kier alpha value is -3.16. The summed E-state index contributed by atoms with van der Waals surface area (Å²) in [5.41, 5.74) is 0.0724. The summed E-state index contributed by atoms with van der Waals surface area (Å²) in [6, 6.07) is 6.55. The van der Waals surface area contributed by atoms with Crippen molar-refractivity contribution in [2.45, 2.75) is 12.3 Å². The van der Waals surface area contributed by atoms with Crippen molar-refractivity contribution in [2.24, 2.45) is 0 Å². The molecule has 0 bridgehead atoms. The van der Waals surface area contributed by atoms with E-state index < -0.39 is 35.1 Å². The van der Waals surface area contributed by atoms with E-state index in [-0.39, 0.29) is 29.2 Å². The quantitative estimate of drug-likeness (QED) is 0.704. The van der Waals surface area contributed by atoms with Gasteiger partial charge in [0.2, 0.25) is 5.91 Å². The van der Waals surface area contributed by atoms with E-state index in [0.717, 1.165) is 24.3 Å². The third kappa shape index (κ3) is 2.54. The first-order valence-corrected chi connectivity index (χ1v) is 7.72. The Morgan fingerprint density at radius 2 is 1.88 bits per heavy atom. The summed E-state index contributed by atoms with van der Waals surface area (Å²) < 4.78 is 56.6. The first-order valence-electron chi connectivity index (χ1n) is 7.72. The molecule has 2 heterocycles. The maximum absolute atomic E-state index is 14.2. The van der Waals surface area contributed by atoms with E-state index in [1.54, 1.807) is 0 Å². The lowest BCUT2D eigenvalue weighted by Crippen LogP contribution is -2.25. The Kier molecular flexibility index (Phi) is 3.75. The van der Waals surface area contributed by atoms with E-state index in [1.165, 1.54) is 23.0 Å². The molecule has 1 aliphatic rings. The number of halogens is 4. The number of nitrogens with one attached hydrogen (secondary N) is 1. The summed E-state index contributed by atoms with van der Waals surface area (Å²) in [6.07, 6.45) is 1.06. The minimum atomic E-state index is -1.07. The summed E-state index contributed by atoms with van der Waals surface area (Å²) in [5.74, 6) is -4.70. The molecule has 8 heteroatoms. The van der Waals surface area contributed by atoms with Crippen LogP contribution in [-0.2, 0) is 4.79 Å². The van der Waals surface area contributed by atoms with E-state index >= 15 is 0 Å². The van der Waals surface area contributed by atoms with Gasteiger partial charge in [0.25, 0.3) is 0 Å². The first kappa shape index (κ1) is 16.3. The van der Waals surface area contributed by atoms with Crippen molar-refractivity contribution in [2.75, 3.05) is 5.32 Å². The smallest absolute Gasteiger partial charge is 0.226 e. The van der Waals surface area contributed by atoms with Crippen LogP contribution >= 0.6 is 0 Å². The number of carbonyl (C=O) groups is 1. The van der Waals surface area contributed by atoms with Gasteiger partial charge in [-0.25, -0.2) is 22.5 Å². The number of fused-ring (bicyclic) bond motifs is 1. The lowest BCUT2D eigenvalue weighted by atomic mass is 9.89. The molecule has 0 aliphatic carbocycles. The Morgan fingerprint density at radius 3 is 2.69 bits per heavy atom. The average molecular weight is 361 g/mol. The van der Waals surface area contributed by atoms with Gasteiger partial charge in [-0.05, 0) is 18.2 Å². The molecule has 4 rings (SSSR count). The molecule has 1 atom stereocenters.